The molecule has 1 amide bonds. The summed E-state index contributed by atoms with van der Waals surface area (Å²) < 4.78 is 5.27. The third-order valence-electron chi connectivity index (χ3n) is 8.52. The molecule has 1 aromatic heterocycles. The molecule has 47 heavy (non-hydrogen) atoms. The summed E-state index contributed by atoms with van der Waals surface area (Å²) in [5, 5.41) is 22.2. The van der Waals surface area contributed by atoms with Crippen molar-refractivity contribution in [2.45, 2.75) is 12.8 Å². The van der Waals surface area contributed by atoms with Crippen LogP contribution in [0.1, 0.15) is 33.4 Å². The number of nitrogens with zero attached hydrogens (tertiary/aromatic N) is 2. The second-order valence-electron chi connectivity index (χ2n) is 11.1. The molecule has 9 nitrogen and oxygen atoms in total. The van der Waals surface area contributed by atoms with Crippen LogP contribution >= 0.6 is 23.2 Å². The number of hydrogen-bond acceptors (Lipinski definition) is 7. The molecule has 3 aliphatic rings. The van der Waals surface area contributed by atoms with Gasteiger partial charge in [-0.15, -0.1) is 4.91 Å². The smallest absolute Gasteiger partial charge is 0.256 e. The highest BCUT2D eigenvalue weighted by molar-refractivity contribution is 6.44. The molecular formula is C36H26Cl2N4O5. The zero-order chi connectivity index (χ0) is 32.8. The van der Waals surface area contributed by atoms with Gasteiger partial charge in [0.25, 0.3) is 5.91 Å². The summed E-state index contributed by atoms with van der Waals surface area (Å²) in [6.07, 6.45) is 1.18. The number of benzene rings is 4. The number of methoxy groups -OCH3 is 1. The van der Waals surface area contributed by atoms with Crippen molar-refractivity contribution in [3.05, 3.63) is 133 Å². The third kappa shape index (κ3) is 5.14. The number of fused-ring (bicyclic) bond motifs is 4. The van der Waals surface area contributed by atoms with Gasteiger partial charge < -0.3 is 25.0 Å². The highest BCUT2D eigenvalue weighted by atomic mass is 35.5. The first kappa shape index (κ1) is 30.3. The third-order valence-corrected chi connectivity index (χ3v) is 9.24. The van der Waals surface area contributed by atoms with Crippen LogP contribution in [-0.4, -0.2) is 35.9 Å². The first-order valence-corrected chi connectivity index (χ1v) is 15.4. The van der Waals surface area contributed by atoms with E-state index in [1.165, 1.54) is 7.11 Å². The average Bonchev–Trinajstić information content (AvgIpc) is 3.80. The molecule has 0 atom stereocenters. The van der Waals surface area contributed by atoms with Gasteiger partial charge in [-0.25, -0.2) is 0 Å². The average molecular weight is 666 g/mol. The summed E-state index contributed by atoms with van der Waals surface area (Å²) in [4.78, 5) is 32.0. The summed E-state index contributed by atoms with van der Waals surface area (Å²) in [5.41, 5.74) is 9.93. The Hall–Kier alpha value is -5.38. The Bertz CT molecular complexity index is 2230. The molecule has 0 fully saturated rings. The SMILES string of the molecule is CO/N=C1/C(=C2/C(=O)Nc3cc(Cl)c(Cl)cc32)Cc2ccccc21.COc1ccc2[nH]c(O)c(C3=C(N=O)c4ccccc4C3)c2c1. The largest absolute Gasteiger partial charge is 0.497 e. The van der Waals surface area contributed by atoms with E-state index in [4.69, 9.17) is 32.8 Å². The van der Waals surface area contributed by atoms with Crippen LogP contribution in [0.5, 0.6) is 11.6 Å². The van der Waals surface area contributed by atoms with Gasteiger partial charge in [-0.1, -0.05) is 76.9 Å². The maximum atomic E-state index is 12.6. The first-order chi connectivity index (χ1) is 22.8. The van der Waals surface area contributed by atoms with E-state index in [9.17, 15) is 14.8 Å². The molecule has 0 bridgehead atoms. The fraction of sp³-hybridized carbons (Fsp3) is 0.111. The number of hydrogen-bond donors (Lipinski definition) is 3. The number of ether oxygens (including phenoxy) is 1. The van der Waals surface area contributed by atoms with Crippen LogP contribution in [-0.2, 0) is 22.5 Å². The zero-order valence-electron chi connectivity index (χ0n) is 25.2. The Morgan fingerprint density at radius 1 is 0.830 bits per heavy atom. The molecule has 11 heteroatoms. The number of oxime groups is 1. The topological polar surface area (TPSA) is 125 Å². The van der Waals surface area contributed by atoms with Crippen LogP contribution in [0.3, 0.4) is 0 Å². The van der Waals surface area contributed by atoms with Crippen molar-refractivity contribution in [1.82, 2.24) is 4.98 Å². The lowest BCUT2D eigenvalue weighted by molar-refractivity contribution is -0.110. The number of aromatic amines is 1. The number of aromatic nitrogens is 1. The van der Waals surface area contributed by atoms with E-state index in [0.29, 0.717) is 56.9 Å². The lowest BCUT2D eigenvalue weighted by Crippen LogP contribution is -2.10. The number of allylic oxidation sites excluding steroid dienone is 2. The summed E-state index contributed by atoms with van der Waals surface area (Å²) in [5.74, 6) is 0.543. The van der Waals surface area contributed by atoms with Crippen LogP contribution < -0.4 is 10.1 Å². The number of anilines is 1. The minimum absolute atomic E-state index is 0.0391. The fourth-order valence-corrected chi connectivity index (χ4v) is 6.78. The van der Waals surface area contributed by atoms with Gasteiger partial charge in [0.2, 0.25) is 0 Å². The van der Waals surface area contributed by atoms with Crippen molar-refractivity contribution >= 4 is 68.3 Å². The molecule has 4 aromatic carbocycles. The Morgan fingerprint density at radius 3 is 2.23 bits per heavy atom. The van der Waals surface area contributed by atoms with Gasteiger partial charge >= 0.3 is 0 Å². The highest BCUT2D eigenvalue weighted by Crippen LogP contribution is 2.45. The normalized spacial score (nSPS) is 16.9. The number of H-pyrrole nitrogens is 1. The fourth-order valence-electron chi connectivity index (χ4n) is 6.45. The molecule has 0 saturated heterocycles. The van der Waals surface area contributed by atoms with Gasteiger partial charge in [0.15, 0.2) is 5.88 Å². The molecule has 2 aliphatic carbocycles. The van der Waals surface area contributed by atoms with E-state index >= 15 is 0 Å². The Balaban J connectivity index is 0.000000150. The molecule has 2 heterocycles. The van der Waals surface area contributed by atoms with Crippen LogP contribution in [0.2, 0.25) is 10.0 Å². The maximum Gasteiger partial charge on any atom is 0.256 e. The van der Waals surface area contributed by atoms with Crippen LogP contribution in [0.25, 0.3) is 27.7 Å². The van der Waals surface area contributed by atoms with Crippen molar-refractivity contribution in [2.24, 2.45) is 10.3 Å². The summed E-state index contributed by atoms with van der Waals surface area (Å²) in [6, 6.07) is 24.5. The zero-order valence-corrected chi connectivity index (χ0v) is 26.7. The second kappa shape index (κ2) is 12.1. The molecule has 5 aromatic rings. The predicted octanol–water partition coefficient (Wildman–Crippen LogP) is 8.38. The van der Waals surface area contributed by atoms with Crippen LogP contribution in [0.4, 0.5) is 5.69 Å². The number of rotatable bonds is 4. The molecule has 0 saturated carbocycles. The van der Waals surface area contributed by atoms with Crippen molar-refractivity contribution in [3.8, 4) is 11.6 Å². The second-order valence-corrected chi connectivity index (χ2v) is 11.9. The number of aromatic hydroxyl groups is 1. The Kier molecular flexibility index (Phi) is 7.79. The molecule has 8 rings (SSSR count). The van der Waals surface area contributed by atoms with E-state index in [0.717, 1.165) is 49.9 Å². The van der Waals surface area contributed by atoms with Crippen LogP contribution in [0.15, 0.2) is 94.8 Å². The monoisotopic (exact) mass is 664 g/mol. The molecule has 0 unspecified atom stereocenters. The maximum absolute atomic E-state index is 12.6. The van der Waals surface area contributed by atoms with Gasteiger partial charge in [-0.2, -0.15) is 0 Å². The minimum atomic E-state index is -0.185. The Morgan fingerprint density at radius 2 is 1.51 bits per heavy atom. The van der Waals surface area contributed by atoms with Gasteiger partial charge in [-0.3, -0.25) is 4.79 Å². The van der Waals surface area contributed by atoms with E-state index < -0.39 is 0 Å². The number of nitrogens with one attached hydrogen (secondary N) is 2. The van der Waals surface area contributed by atoms with Crippen molar-refractivity contribution in [1.29, 1.82) is 0 Å². The quantitative estimate of drug-likeness (QED) is 0.101. The number of carbonyl (C=O) groups excluding carboxylic acids is 1. The molecule has 0 spiro atoms. The van der Waals surface area contributed by atoms with Crippen LogP contribution in [0, 0.1) is 4.91 Å². The number of carbonyl (C=O) groups is 1. The molecule has 1 aliphatic heterocycles. The predicted molar refractivity (Wildman–Crippen MR) is 185 cm³/mol. The molecule has 0 radical (unpaired) electrons. The van der Waals surface area contributed by atoms with Gasteiger partial charge in [-0.05, 0) is 57.8 Å². The number of nitroso groups, excluding NO2 is 1. The van der Waals surface area contributed by atoms with Crippen molar-refractivity contribution in [3.63, 3.8) is 0 Å². The summed E-state index contributed by atoms with van der Waals surface area (Å²) in [6.45, 7) is 0. The number of halogens is 2. The lowest BCUT2D eigenvalue weighted by atomic mass is 9.98. The molecule has 3 N–H and O–H groups in total. The highest BCUT2D eigenvalue weighted by Gasteiger charge is 2.34. The summed E-state index contributed by atoms with van der Waals surface area (Å²) >= 11 is 12.2. The van der Waals surface area contributed by atoms with E-state index in [-0.39, 0.29) is 11.8 Å². The minimum Gasteiger partial charge on any atom is -0.497 e. The van der Waals surface area contributed by atoms with Crippen molar-refractivity contribution in [2.75, 3.05) is 19.5 Å². The standard InChI is InChI=1S/C18H12Cl2N2O2.C18H14N2O3/c1-24-22-17-10-5-3-2-4-9(10)6-12(17)16-11-7-13(19)14(20)8-15(11)21-18(16)23;1-23-11-6-7-15-13(9-11)16(18(21)19-15)14-8-10-4-2-3-5-12(10)17(14)20-22/h2-5,7-8H,6H2,1H3,(H,21,23);2-7,9,19,21H,8H2,1H3/b16-12+,22-17+;. The lowest BCUT2D eigenvalue weighted by Gasteiger charge is -2.06. The van der Waals surface area contributed by atoms with Gasteiger partial charge in [0.05, 0.1) is 28.4 Å². The van der Waals surface area contributed by atoms with Crippen molar-refractivity contribution < 1.29 is 19.5 Å². The summed E-state index contributed by atoms with van der Waals surface area (Å²) in [7, 11) is 3.09. The van der Waals surface area contributed by atoms with E-state index in [2.05, 4.69) is 20.6 Å². The van der Waals surface area contributed by atoms with Gasteiger partial charge in [0, 0.05) is 46.0 Å². The first-order valence-electron chi connectivity index (χ1n) is 14.6. The van der Waals surface area contributed by atoms with E-state index in [1.54, 1.807) is 19.2 Å². The Labute approximate surface area is 279 Å². The molecular weight excluding hydrogens is 639 g/mol. The van der Waals surface area contributed by atoms with E-state index in [1.807, 2.05) is 66.7 Å². The molecule has 234 valence electrons. The van der Waals surface area contributed by atoms with Gasteiger partial charge in [0.1, 0.15) is 24.3 Å². The number of amides is 1.